The predicted molar refractivity (Wildman–Crippen MR) is 108 cm³/mol. The third-order valence-electron chi connectivity index (χ3n) is 4.57. The number of carboxylic acids is 1. The second kappa shape index (κ2) is 8.48. The molecule has 0 aliphatic rings. The van der Waals surface area contributed by atoms with Gasteiger partial charge < -0.3 is 9.52 Å². The molecule has 2 aromatic heterocycles. The Morgan fingerprint density at radius 2 is 1.59 bits per heavy atom. The molecule has 0 saturated heterocycles. The number of pyridine rings is 1. The van der Waals surface area contributed by atoms with Crippen LogP contribution in [0, 0.1) is 0 Å². The Kier molecular flexibility index (Phi) is 5.42. The van der Waals surface area contributed by atoms with Gasteiger partial charge in [0.05, 0.1) is 0 Å². The lowest BCUT2D eigenvalue weighted by Crippen LogP contribution is -2.00. The zero-order valence-corrected chi connectivity index (χ0v) is 15.7. The first kappa shape index (κ1) is 18.6. The van der Waals surface area contributed by atoms with Gasteiger partial charge in [-0.15, -0.1) is 10.2 Å². The molecular formula is C23H19N3O3. The fraction of sp³-hybridized carbons (Fsp3) is 0.130. The lowest BCUT2D eigenvalue weighted by Gasteiger charge is -2.04. The summed E-state index contributed by atoms with van der Waals surface area (Å²) >= 11 is 0. The van der Waals surface area contributed by atoms with Crippen LogP contribution in [-0.2, 0) is 12.8 Å². The molecule has 4 rings (SSSR count). The molecule has 4 aromatic rings. The minimum Gasteiger partial charge on any atom is -0.477 e. The van der Waals surface area contributed by atoms with Crippen molar-refractivity contribution in [2.45, 2.75) is 19.3 Å². The average molecular weight is 385 g/mol. The molecule has 0 radical (unpaired) electrons. The lowest BCUT2D eigenvalue weighted by atomic mass is 10.0. The summed E-state index contributed by atoms with van der Waals surface area (Å²) in [5.41, 5.74) is 3.96. The molecule has 0 aliphatic carbocycles. The molecule has 0 unspecified atom stereocenters. The summed E-state index contributed by atoms with van der Waals surface area (Å²) in [5.74, 6) is -0.344. The number of aromatic nitrogens is 3. The van der Waals surface area contributed by atoms with Gasteiger partial charge in [0.1, 0.15) is 11.4 Å². The molecule has 2 heterocycles. The minimum absolute atomic E-state index is 0.0544. The van der Waals surface area contributed by atoms with Crippen molar-refractivity contribution in [1.82, 2.24) is 15.2 Å². The molecule has 0 atom stereocenters. The van der Waals surface area contributed by atoms with E-state index in [1.807, 2.05) is 18.2 Å². The maximum absolute atomic E-state index is 11.0. The summed E-state index contributed by atoms with van der Waals surface area (Å²) in [6.45, 7) is 0. The number of nitrogens with zero attached hydrogens (tertiary/aromatic N) is 3. The topological polar surface area (TPSA) is 89.1 Å². The van der Waals surface area contributed by atoms with Crippen molar-refractivity contribution in [3.05, 3.63) is 89.9 Å². The van der Waals surface area contributed by atoms with Crippen molar-refractivity contribution in [2.24, 2.45) is 0 Å². The van der Waals surface area contributed by atoms with Crippen LogP contribution in [0.1, 0.15) is 28.4 Å². The van der Waals surface area contributed by atoms with Crippen molar-refractivity contribution in [3.63, 3.8) is 0 Å². The maximum atomic E-state index is 11.0. The highest BCUT2D eigenvalue weighted by molar-refractivity contribution is 5.85. The van der Waals surface area contributed by atoms with E-state index in [2.05, 4.69) is 51.6 Å². The highest BCUT2D eigenvalue weighted by Gasteiger charge is 2.12. The van der Waals surface area contributed by atoms with E-state index in [1.54, 1.807) is 12.1 Å². The summed E-state index contributed by atoms with van der Waals surface area (Å²) in [6.07, 6.45) is 2.42. The Balaban J connectivity index is 1.35. The molecule has 1 N–H and O–H groups in total. The monoisotopic (exact) mass is 385 g/mol. The van der Waals surface area contributed by atoms with Gasteiger partial charge in [-0.3, -0.25) is 0 Å². The zero-order chi connectivity index (χ0) is 20.1. The number of aromatic carboxylic acids is 1. The van der Waals surface area contributed by atoms with E-state index >= 15 is 0 Å². The van der Waals surface area contributed by atoms with Crippen LogP contribution in [0.15, 0.2) is 77.2 Å². The van der Waals surface area contributed by atoms with Gasteiger partial charge in [0.15, 0.2) is 0 Å². The van der Waals surface area contributed by atoms with Crippen molar-refractivity contribution < 1.29 is 14.3 Å². The normalized spacial score (nSPS) is 10.8. The van der Waals surface area contributed by atoms with Crippen LogP contribution in [0.2, 0.25) is 0 Å². The molecule has 6 nitrogen and oxygen atoms in total. The van der Waals surface area contributed by atoms with Crippen molar-refractivity contribution in [3.8, 4) is 22.7 Å². The molecule has 144 valence electrons. The van der Waals surface area contributed by atoms with E-state index in [9.17, 15) is 4.79 Å². The number of carboxylic acid groups (broad SMARTS) is 1. The van der Waals surface area contributed by atoms with Gasteiger partial charge in [-0.25, -0.2) is 9.78 Å². The van der Waals surface area contributed by atoms with E-state index in [-0.39, 0.29) is 11.6 Å². The van der Waals surface area contributed by atoms with Crippen LogP contribution >= 0.6 is 0 Å². The van der Waals surface area contributed by atoms with Gasteiger partial charge in [-0.2, -0.15) is 0 Å². The lowest BCUT2D eigenvalue weighted by molar-refractivity contribution is 0.0690. The number of hydrogen-bond donors (Lipinski definition) is 1. The van der Waals surface area contributed by atoms with Crippen molar-refractivity contribution in [2.75, 3.05) is 0 Å². The Morgan fingerprint density at radius 3 is 2.34 bits per heavy atom. The average Bonchev–Trinajstić information content (AvgIpc) is 3.24. The largest absolute Gasteiger partial charge is 0.477 e. The standard InChI is InChI=1S/C23H19N3O3/c27-23(28)20-10-5-9-19(24-20)22-26-25-21(29-22)11-4-6-16-12-14-18(15-13-16)17-7-2-1-3-8-17/h1-3,5,7-10,12-15H,4,6,11H2,(H,27,28). The Hall–Kier alpha value is -3.80. The molecule has 0 fully saturated rings. The van der Waals surface area contributed by atoms with E-state index < -0.39 is 5.97 Å². The Bertz CT molecular complexity index is 1110. The first-order valence-electron chi connectivity index (χ1n) is 9.36. The van der Waals surface area contributed by atoms with Crippen LogP contribution in [-0.4, -0.2) is 26.3 Å². The molecule has 0 spiro atoms. The van der Waals surface area contributed by atoms with E-state index in [4.69, 9.17) is 9.52 Å². The van der Waals surface area contributed by atoms with Gasteiger partial charge in [-0.05, 0) is 41.7 Å². The number of aryl methyl sites for hydroxylation is 2. The molecule has 6 heteroatoms. The number of benzene rings is 2. The van der Waals surface area contributed by atoms with Gasteiger partial charge in [0, 0.05) is 6.42 Å². The van der Waals surface area contributed by atoms with Crippen LogP contribution < -0.4 is 0 Å². The minimum atomic E-state index is -1.09. The summed E-state index contributed by atoms with van der Waals surface area (Å²) in [5, 5.41) is 17.1. The third-order valence-corrected chi connectivity index (χ3v) is 4.57. The molecule has 0 bridgehead atoms. The van der Waals surface area contributed by atoms with Crippen molar-refractivity contribution >= 4 is 5.97 Å². The fourth-order valence-corrected chi connectivity index (χ4v) is 3.07. The molecule has 0 saturated carbocycles. The van der Waals surface area contributed by atoms with E-state index in [1.165, 1.54) is 22.8 Å². The Labute approximate surface area is 167 Å². The first-order valence-corrected chi connectivity index (χ1v) is 9.36. The summed E-state index contributed by atoms with van der Waals surface area (Å²) < 4.78 is 5.64. The third kappa shape index (κ3) is 4.55. The van der Waals surface area contributed by atoms with Crippen LogP contribution in [0.4, 0.5) is 0 Å². The summed E-state index contributed by atoms with van der Waals surface area (Å²) in [6, 6.07) is 23.5. The molecule has 29 heavy (non-hydrogen) atoms. The fourth-order valence-electron chi connectivity index (χ4n) is 3.07. The summed E-state index contributed by atoms with van der Waals surface area (Å²) in [4.78, 5) is 15.1. The SMILES string of the molecule is O=C(O)c1cccc(-c2nnc(CCCc3ccc(-c4ccccc4)cc3)o2)n1. The van der Waals surface area contributed by atoms with Crippen LogP contribution in [0.3, 0.4) is 0 Å². The number of carbonyl (C=O) groups is 1. The number of rotatable bonds is 7. The Morgan fingerprint density at radius 1 is 0.828 bits per heavy atom. The number of hydrogen-bond acceptors (Lipinski definition) is 5. The predicted octanol–water partition coefficient (Wildman–Crippen LogP) is 4.67. The van der Waals surface area contributed by atoms with Gasteiger partial charge in [0.2, 0.25) is 5.89 Å². The van der Waals surface area contributed by atoms with Gasteiger partial charge >= 0.3 is 5.97 Å². The highest BCUT2D eigenvalue weighted by Crippen LogP contribution is 2.20. The molecular weight excluding hydrogens is 366 g/mol. The first-order chi connectivity index (χ1) is 14.2. The van der Waals surface area contributed by atoms with Gasteiger partial charge in [0.25, 0.3) is 5.89 Å². The van der Waals surface area contributed by atoms with E-state index in [0.29, 0.717) is 18.0 Å². The van der Waals surface area contributed by atoms with Crippen molar-refractivity contribution in [1.29, 1.82) is 0 Å². The second-order valence-corrected chi connectivity index (χ2v) is 6.63. The zero-order valence-electron chi connectivity index (χ0n) is 15.7. The molecule has 0 aliphatic heterocycles. The smallest absolute Gasteiger partial charge is 0.354 e. The second-order valence-electron chi connectivity index (χ2n) is 6.63. The highest BCUT2D eigenvalue weighted by atomic mass is 16.4. The van der Waals surface area contributed by atoms with Crippen LogP contribution in [0.5, 0.6) is 0 Å². The molecule has 0 amide bonds. The maximum Gasteiger partial charge on any atom is 0.354 e. The molecule has 2 aromatic carbocycles. The van der Waals surface area contributed by atoms with Gasteiger partial charge in [-0.1, -0.05) is 60.7 Å². The summed E-state index contributed by atoms with van der Waals surface area (Å²) in [7, 11) is 0. The van der Waals surface area contributed by atoms with E-state index in [0.717, 1.165) is 12.8 Å². The van der Waals surface area contributed by atoms with Crippen LogP contribution in [0.25, 0.3) is 22.7 Å². The quantitative estimate of drug-likeness (QED) is 0.497.